The van der Waals surface area contributed by atoms with Crippen molar-refractivity contribution >= 4 is 28.8 Å². The maximum absolute atomic E-state index is 11.7. The third-order valence-electron chi connectivity index (χ3n) is 3.37. The minimum absolute atomic E-state index is 0.125. The SMILES string of the molecule is COc1ccc(OCCCC(=O)NCCN2C(=O)CSC2=O)cc1. The molecule has 1 aromatic rings. The predicted molar refractivity (Wildman–Crippen MR) is 90.3 cm³/mol. The first-order valence-corrected chi connectivity index (χ1v) is 8.59. The Morgan fingerprint density at radius 1 is 1.25 bits per heavy atom. The van der Waals surface area contributed by atoms with E-state index in [1.165, 1.54) is 0 Å². The zero-order chi connectivity index (χ0) is 17.4. The lowest BCUT2D eigenvalue weighted by atomic mass is 10.3. The lowest BCUT2D eigenvalue weighted by Gasteiger charge is -2.13. The van der Waals surface area contributed by atoms with E-state index >= 15 is 0 Å². The van der Waals surface area contributed by atoms with E-state index in [1.54, 1.807) is 31.4 Å². The van der Waals surface area contributed by atoms with Crippen LogP contribution in [0.25, 0.3) is 0 Å². The van der Waals surface area contributed by atoms with Crippen molar-refractivity contribution in [3.63, 3.8) is 0 Å². The van der Waals surface area contributed by atoms with Gasteiger partial charge in [-0.15, -0.1) is 0 Å². The van der Waals surface area contributed by atoms with Crippen LogP contribution in [0.5, 0.6) is 11.5 Å². The number of hydrogen-bond donors (Lipinski definition) is 1. The summed E-state index contributed by atoms with van der Waals surface area (Å²) >= 11 is 0.990. The van der Waals surface area contributed by atoms with Gasteiger partial charge in [-0.1, -0.05) is 11.8 Å². The molecule has 8 heteroatoms. The third-order valence-corrected chi connectivity index (χ3v) is 4.23. The van der Waals surface area contributed by atoms with Crippen molar-refractivity contribution in [2.45, 2.75) is 12.8 Å². The number of ether oxygens (including phenoxy) is 2. The molecular weight excluding hydrogens is 332 g/mol. The summed E-state index contributed by atoms with van der Waals surface area (Å²) in [6, 6.07) is 7.23. The smallest absolute Gasteiger partial charge is 0.288 e. The molecule has 0 aromatic heterocycles. The van der Waals surface area contributed by atoms with Crippen LogP contribution in [-0.4, -0.2) is 54.5 Å². The standard InChI is InChI=1S/C16H20N2O5S/c1-22-12-4-6-13(7-5-12)23-10-2-3-14(19)17-8-9-18-15(20)11-24-16(18)21/h4-7H,2-3,8-11H2,1H3,(H,17,19). The van der Waals surface area contributed by atoms with Gasteiger partial charge in [0.25, 0.3) is 5.24 Å². The summed E-state index contributed by atoms with van der Waals surface area (Å²) in [7, 11) is 1.60. The number of rotatable bonds is 9. The Kier molecular flexibility index (Phi) is 6.92. The summed E-state index contributed by atoms with van der Waals surface area (Å²) in [5.74, 6) is 1.34. The number of hydrogen-bond acceptors (Lipinski definition) is 6. The van der Waals surface area contributed by atoms with E-state index < -0.39 is 0 Å². The van der Waals surface area contributed by atoms with Gasteiger partial charge in [-0.2, -0.15) is 0 Å². The predicted octanol–water partition coefficient (Wildman–Crippen LogP) is 1.67. The highest BCUT2D eigenvalue weighted by molar-refractivity contribution is 8.14. The lowest BCUT2D eigenvalue weighted by Crippen LogP contribution is -2.37. The van der Waals surface area contributed by atoms with Crippen molar-refractivity contribution in [1.29, 1.82) is 0 Å². The molecule has 1 heterocycles. The zero-order valence-corrected chi connectivity index (χ0v) is 14.3. The van der Waals surface area contributed by atoms with Crippen LogP contribution in [0, 0.1) is 0 Å². The van der Waals surface area contributed by atoms with Gasteiger partial charge < -0.3 is 14.8 Å². The Morgan fingerprint density at radius 3 is 2.58 bits per heavy atom. The molecule has 0 unspecified atom stereocenters. The van der Waals surface area contributed by atoms with E-state index in [1.807, 2.05) is 0 Å². The maximum Gasteiger partial charge on any atom is 0.288 e. The largest absolute Gasteiger partial charge is 0.497 e. The second-order valence-corrected chi connectivity index (χ2v) is 6.00. The molecular formula is C16H20N2O5S. The van der Waals surface area contributed by atoms with Crippen molar-refractivity contribution in [2.75, 3.05) is 32.6 Å². The normalized spacial score (nSPS) is 14.0. The molecule has 0 atom stereocenters. The molecule has 1 aliphatic heterocycles. The van der Waals surface area contributed by atoms with Crippen LogP contribution in [0.4, 0.5) is 4.79 Å². The van der Waals surface area contributed by atoms with Crippen LogP contribution in [-0.2, 0) is 9.59 Å². The number of nitrogens with one attached hydrogen (secondary N) is 1. The van der Waals surface area contributed by atoms with Gasteiger partial charge in [0, 0.05) is 19.5 Å². The second kappa shape index (κ2) is 9.17. The number of thioether (sulfide) groups is 1. The van der Waals surface area contributed by atoms with E-state index in [9.17, 15) is 14.4 Å². The van der Waals surface area contributed by atoms with Gasteiger partial charge in [-0.25, -0.2) is 0 Å². The van der Waals surface area contributed by atoms with Crippen LogP contribution >= 0.6 is 11.8 Å². The van der Waals surface area contributed by atoms with E-state index in [2.05, 4.69) is 5.32 Å². The molecule has 0 aliphatic carbocycles. The Bertz CT molecular complexity index is 575. The van der Waals surface area contributed by atoms with Gasteiger partial charge in [0.1, 0.15) is 11.5 Å². The van der Waals surface area contributed by atoms with Gasteiger partial charge in [0.05, 0.1) is 19.5 Å². The van der Waals surface area contributed by atoms with Crippen molar-refractivity contribution < 1.29 is 23.9 Å². The summed E-state index contributed by atoms with van der Waals surface area (Å²) in [5.41, 5.74) is 0. The first-order valence-electron chi connectivity index (χ1n) is 7.61. The minimum atomic E-state index is -0.248. The average Bonchev–Trinajstić information content (AvgIpc) is 2.91. The van der Waals surface area contributed by atoms with Gasteiger partial charge in [-0.3, -0.25) is 19.3 Å². The molecule has 0 radical (unpaired) electrons. The molecule has 1 N–H and O–H groups in total. The van der Waals surface area contributed by atoms with Crippen LogP contribution in [0.2, 0.25) is 0 Å². The number of nitrogens with zero attached hydrogens (tertiary/aromatic N) is 1. The summed E-state index contributed by atoms with van der Waals surface area (Å²) in [6.07, 6.45) is 0.905. The fourth-order valence-electron chi connectivity index (χ4n) is 2.09. The van der Waals surface area contributed by atoms with Crippen molar-refractivity contribution in [2.24, 2.45) is 0 Å². The zero-order valence-electron chi connectivity index (χ0n) is 13.4. The molecule has 0 spiro atoms. The number of benzene rings is 1. The summed E-state index contributed by atoms with van der Waals surface area (Å²) in [5, 5.41) is 2.45. The first-order chi connectivity index (χ1) is 11.6. The average molecular weight is 352 g/mol. The quantitative estimate of drug-likeness (QED) is 0.681. The van der Waals surface area contributed by atoms with Gasteiger partial charge in [-0.05, 0) is 30.7 Å². The molecule has 1 aliphatic rings. The molecule has 1 fully saturated rings. The van der Waals surface area contributed by atoms with E-state index in [4.69, 9.17) is 9.47 Å². The summed E-state index contributed by atoms with van der Waals surface area (Å²) in [4.78, 5) is 35.6. The van der Waals surface area contributed by atoms with Crippen molar-refractivity contribution in [1.82, 2.24) is 10.2 Å². The van der Waals surface area contributed by atoms with Crippen LogP contribution in [0.1, 0.15) is 12.8 Å². The number of carbonyl (C=O) groups is 3. The highest BCUT2D eigenvalue weighted by Crippen LogP contribution is 2.18. The highest BCUT2D eigenvalue weighted by Gasteiger charge is 2.29. The first kappa shape index (κ1) is 18.1. The Balaban J connectivity index is 1.56. The van der Waals surface area contributed by atoms with Gasteiger partial charge >= 0.3 is 0 Å². The Morgan fingerprint density at radius 2 is 1.96 bits per heavy atom. The summed E-state index contributed by atoms with van der Waals surface area (Å²) < 4.78 is 10.6. The van der Waals surface area contributed by atoms with Crippen LogP contribution in [0.3, 0.4) is 0 Å². The topological polar surface area (TPSA) is 84.9 Å². The fraction of sp³-hybridized carbons (Fsp3) is 0.438. The van der Waals surface area contributed by atoms with E-state index in [0.29, 0.717) is 19.4 Å². The number of amides is 3. The number of carbonyl (C=O) groups excluding carboxylic acids is 3. The molecule has 1 saturated heterocycles. The monoisotopic (exact) mass is 352 g/mol. The lowest BCUT2D eigenvalue weighted by molar-refractivity contribution is -0.125. The maximum atomic E-state index is 11.7. The van der Waals surface area contributed by atoms with Crippen molar-refractivity contribution in [3.05, 3.63) is 24.3 Å². The molecule has 130 valence electrons. The number of methoxy groups -OCH3 is 1. The fourth-order valence-corrected chi connectivity index (χ4v) is 2.84. The molecule has 2 rings (SSSR count). The second-order valence-electron chi connectivity index (χ2n) is 5.08. The van der Waals surface area contributed by atoms with E-state index in [0.717, 1.165) is 28.2 Å². The third kappa shape index (κ3) is 5.45. The molecule has 0 saturated carbocycles. The molecule has 0 bridgehead atoms. The molecule has 24 heavy (non-hydrogen) atoms. The molecule has 1 aromatic carbocycles. The molecule has 3 amide bonds. The van der Waals surface area contributed by atoms with E-state index in [-0.39, 0.29) is 35.9 Å². The summed E-state index contributed by atoms with van der Waals surface area (Å²) in [6.45, 7) is 0.925. The van der Waals surface area contributed by atoms with Crippen LogP contribution < -0.4 is 14.8 Å². The van der Waals surface area contributed by atoms with Gasteiger partial charge in [0.15, 0.2) is 0 Å². The minimum Gasteiger partial charge on any atom is -0.497 e. The van der Waals surface area contributed by atoms with Gasteiger partial charge in [0.2, 0.25) is 11.8 Å². The Hall–Kier alpha value is -2.22. The van der Waals surface area contributed by atoms with Crippen molar-refractivity contribution in [3.8, 4) is 11.5 Å². The van der Waals surface area contributed by atoms with Crippen LogP contribution in [0.15, 0.2) is 24.3 Å². The number of imide groups is 1. The molecule has 7 nitrogen and oxygen atoms in total. The highest BCUT2D eigenvalue weighted by atomic mass is 32.2. The Labute approximate surface area is 144 Å².